The average Bonchev–Trinajstić information content (AvgIpc) is 2.65. The first-order valence-corrected chi connectivity index (χ1v) is 8.26. The number of methoxy groups -OCH3 is 2. The highest BCUT2D eigenvalue weighted by atomic mass is 35.5. The number of fused-ring (bicyclic) bond motifs is 1. The zero-order chi connectivity index (χ0) is 18.8. The van der Waals surface area contributed by atoms with Crippen LogP contribution in [0.25, 0.3) is 0 Å². The summed E-state index contributed by atoms with van der Waals surface area (Å²) in [5, 5.41) is 6.03. The second kappa shape index (κ2) is 7.47. The fourth-order valence-electron chi connectivity index (χ4n) is 2.97. The lowest BCUT2D eigenvalue weighted by Crippen LogP contribution is -2.38. The SMILES string of the molecule is COc1cc(NC(=O)C2NCCc3c2ccc(F)c3F)cc(OC)c1Cl. The van der Waals surface area contributed by atoms with Crippen LogP contribution in [-0.2, 0) is 11.2 Å². The topological polar surface area (TPSA) is 59.6 Å². The van der Waals surface area contributed by atoms with Crippen molar-refractivity contribution in [3.8, 4) is 11.5 Å². The summed E-state index contributed by atoms with van der Waals surface area (Å²) in [5.74, 6) is -1.56. The van der Waals surface area contributed by atoms with Gasteiger partial charge in [-0.15, -0.1) is 0 Å². The summed E-state index contributed by atoms with van der Waals surface area (Å²) in [4.78, 5) is 12.7. The summed E-state index contributed by atoms with van der Waals surface area (Å²) in [6.45, 7) is 0.360. The van der Waals surface area contributed by atoms with Crippen molar-refractivity contribution in [2.75, 3.05) is 26.1 Å². The van der Waals surface area contributed by atoms with E-state index in [1.807, 2.05) is 0 Å². The molecule has 3 rings (SSSR count). The van der Waals surface area contributed by atoms with Crippen LogP contribution in [0.5, 0.6) is 11.5 Å². The largest absolute Gasteiger partial charge is 0.495 e. The molecule has 0 saturated carbocycles. The number of nitrogens with one attached hydrogen (secondary N) is 2. The van der Waals surface area contributed by atoms with Gasteiger partial charge in [0.15, 0.2) is 11.6 Å². The molecule has 1 unspecified atom stereocenters. The van der Waals surface area contributed by atoms with Crippen LogP contribution in [0.2, 0.25) is 5.02 Å². The molecule has 0 radical (unpaired) electrons. The van der Waals surface area contributed by atoms with Crippen LogP contribution in [0.15, 0.2) is 24.3 Å². The monoisotopic (exact) mass is 382 g/mol. The molecule has 0 aromatic heterocycles. The quantitative estimate of drug-likeness (QED) is 0.850. The maximum atomic E-state index is 14.0. The van der Waals surface area contributed by atoms with E-state index in [4.69, 9.17) is 21.1 Å². The van der Waals surface area contributed by atoms with Crippen molar-refractivity contribution in [1.29, 1.82) is 0 Å². The van der Waals surface area contributed by atoms with Gasteiger partial charge >= 0.3 is 0 Å². The first-order chi connectivity index (χ1) is 12.5. The lowest BCUT2D eigenvalue weighted by molar-refractivity contribution is -0.118. The number of ether oxygens (including phenoxy) is 2. The Balaban J connectivity index is 1.90. The van der Waals surface area contributed by atoms with Crippen LogP contribution in [0.3, 0.4) is 0 Å². The summed E-state index contributed by atoms with van der Waals surface area (Å²) in [6.07, 6.45) is 0.311. The smallest absolute Gasteiger partial charge is 0.246 e. The Bertz CT molecular complexity index is 836. The summed E-state index contributed by atoms with van der Waals surface area (Å²) in [6, 6.07) is 4.75. The molecular weight excluding hydrogens is 366 g/mol. The summed E-state index contributed by atoms with van der Waals surface area (Å²) >= 11 is 6.11. The second-order valence-electron chi connectivity index (χ2n) is 5.75. The van der Waals surface area contributed by atoms with E-state index in [0.717, 1.165) is 6.07 Å². The molecule has 2 N–H and O–H groups in total. The number of hydrogen-bond acceptors (Lipinski definition) is 4. The lowest BCUT2D eigenvalue weighted by atomic mass is 9.93. The van der Waals surface area contributed by atoms with Crippen LogP contribution in [0.4, 0.5) is 14.5 Å². The Kier molecular flexibility index (Phi) is 5.29. The first kappa shape index (κ1) is 18.4. The Labute approximate surface area is 154 Å². The number of hydrogen-bond donors (Lipinski definition) is 2. The Morgan fingerprint density at radius 1 is 1.23 bits per heavy atom. The molecule has 26 heavy (non-hydrogen) atoms. The van der Waals surface area contributed by atoms with Gasteiger partial charge in [0, 0.05) is 24.4 Å². The van der Waals surface area contributed by atoms with E-state index < -0.39 is 23.6 Å². The number of halogens is 3. The minimum absolute atomic E-state index is 0.218. The third-order valence-corrected chi connectivity index (χ3v) is 4.61. The van der Waals surface area contributed by atoms with E-state index in [0.29, 0.717) is 35.7 Å². The van der Waals surface area contributed by atoms with E-state index in [1.165, 1.54) is 20.3 Å². The van der Waals surface area contributed by atoms with Gasteiger partial charge in [-0.25, -0.2) is 8.78 Å². The van der Waals surface area contributed by atoms with Crippen molar-refractivity contribution in [1.82, 2.24) is 5.32 Å². The maximum absolute atomic E-state index is 14.0. The minimum Gasteiger partial charge on any atom is -0.495 e. The Morgan fingerprint density at radius 3 is 2.50 bits per heavy atom. The highest BCUT2D eigenvalue weighted by Gasteiger charge is 2.29. The molecular formula is C18H17ClF2N2O3. The molecule has 0 spiro atoms. The van der Waals surface area contributed by atoms with Gasteiger partial charge in [0.1, 0.15) is 22.6 Å². The molecule has 0 aliphatic carbocycles. The van der Waals surface area contributed by atoms with Crippen LogP contribution in [-0.4, -0.2) is 26.7 Å². The van der Waals surface area contributed by atoms with Crippen LogP contribution in [0.1, 0.15) is 17.2 Å². The van der Waals surface area contributed by atoms with Gasteiger partial charge in [0.2, 0.25) is 5.91 Å². The molecule has 0 bridgehead atoms. The molecule has 1 aliphatic rings. The molecule has 2 aromatic carbocycles. The molecule has 1 heterocycles. The summed E-state index contributed by atoms with van der Waals surface area (Å²) in [5.41, 5.74) is 1.04. The highest BCUT2D eigenvalue weighted by molar-refractivity contribution is 6.33. The standard InChI is InChI=1S/C18H17ClF2N2O3/c1-25-13-7-9(8-14(26-2)15(13)19)23-18(24)17-11-3-4-12(20)16(21)10(11)5-6-22-17/h3-4,7-8,17,22H,5-6H2,1-2H3,(H,23,24). The van der Waals surface area contributed by atoms with Crippen LogP contribution in [0, 0.1) is 11.6 Å². The summed E-state index contributed by atoms with van der Waals surface area (Å²) in [7, 11) is 2.89. The zero-order valence-electron chi connectivity index (χ0n) is 14.2. The van der Waals surface area contributed by atoms with Crippen molar-refractivity contribution < 1.29 is 23.0 Å². The van der Waals surface area contributed by atoms with E-state index in [9.17, 15) is 13.6 Å². The van der Waals surface area contributed by atoms with E-state index in [2.05, 4.69) is 10.6 Å². The Hall–Kier alpha value is -2.38. The lowest BCUT2D eigenvalue weighted by Gasteiger charge is -2.26. The van der Waals surface area contributed by atoms with Crippen molar-refractivity contribution >= 4 is 23.2 Å². The van der Waals surface area contributed by atoms with Crippen LogP contribution < -0.4 is 20.1 Å². The zero-order valence-corrected chi connectivity index (χ0v) is 14.9. The second-order valence-corrected chi connectivity index (χ2v) is 6.13. The van der Waals surface area contributed by atoms with Gasteiger partial charge in [0.05, 0.1) is 14.2 Å². The molecule has 8 heteroatoms. The van der Waals surface area contributed by atoms with Gasteiger partial charge in [-0.1, -0.05) is 17.7 Å². The number of carbonyl (C=O) groups is 1. The Morgan fingerprint density at radius 2 is 1.88 bits per heavy atom. The van der Waals surface area contributed by atoms with Gasteiger partial charge in [-0.2, -0.15) is 0 Å². The maximum Gasteiger partial charge on any atom is 0.246 e. The van der Waals surface area contributed by atoms with E-state index in [1.54, 1.807) is 12.1 Å². The molecule has 138 valence electrons. The molecule has 2 aromatic rings. The first-order valence-electron chi connectivity index (χ1n) is 7.88. The normalized spacial score (nSPS) is 16.0. The molecule has 1 atom stereocenters. The van der Waals surface area contributed by atoms with Crippen molar-refractivity contribution in [2.45, 2.75) is 12.5 Å². The van der Waals surface area contributed by atoms with Gasteiger partial charge in [-0.3, -0.25) is 4.79 Å². The predicted octanol–water partition coefficient (Wildman–Crippen LogP) is 3.46. The van der Waals surface area contributed by atoms with Crippen molar-refractivity contribution in [3.63, 3.8) is 0 Å². The predicted molar refractivity (Wildman–Crippen MR) is 94.0 cm³/mol. The number of amides is 1. The third kappa shape index (κ3) is 3.32. The third-order valence-electron chi connectivity index (χ3n) is 4.24. The van der Waals surface area contributed by atoms with E-state index >= 15 is 0 Å². The molecule has 5 nitrogen and oxygen atoms in total. The van der Waals surface area contributed by atoms with Crippen LogP contribution >= 0.6 is 11.6 Å². The highest BCUT2D eigenvalue weighted by Crippen LogP contribution is 2.37. The molecule has 1 aliphatic heterocycles. The number of benzene rings is 2. The molecule has 0 saturated heterocycles. The average molecular weight is 383 g/mol. The number of anilines is 1. The van der Waals surface area contributed by atoms with Crippen molar-refractivity contribution in [2.24, 2.45) is 0 Å². The van der Waals surface area contributed by atoms with E-state index in [-0.39, 0.29) is 10.6 Å². The van der Waals surface area contributed by atoms with Gasteiger partial charge in [0.25, 0.3) is 0 Å². The minimum atomic E-state index is -0.919. The van der Waals surface area contributed by atoms with Gasteiger partial charge < -0.3 is 20.1 Å². The molecule has 0 fully saturated rings. The van der Waals surface area contributed by atoms with Gasteiger partial charge in [-0.05, 0) is 23.6 Å². The molecule has 1 amide bonds. The number of rotatable bonds is 4. The fourth-order valence-corrected chi connectivity index (χ4v) is 3.24. The summed E-state index contributed by atoms with van der Waals surface area (Å²) < 4.78 is 37.8. The fraction of sp³-hybridized carbons (Fsp3) is 0.278. The van der Waals surface area contributed by atoms with Crippen molar-refractivity contribution in [3.05, 3.63) is 52.0 Å². The number of carbonyl (C=O) groups excluding carboxylic acids is 1.